The van der Waals surface area contributed by atoms with E-state index in [1.54, 1.807) is 0 Å². The molecule has 0 aliphatic carbocycles. The minimum Gasteiger partial charge on any atom is -0.394 e. The van der Waals surface area contributed by atoms with Gasteiger partial charge in [-0.1, -0.05) is 0 Å². The van der Waals surface area contributed by atoms with Crippen LogP contribution in [0.5, 0.6) is 0 Å². The molecule has 1 aromatic rings. The summed E-state index contributed by atoms with van der Waals surface area (Å²) in [5.74, 6) is 0.862. The molecular weight excluding hydrogens is 278 g/mol. The van der Waals surface area contributed by atoms with Crippen LogP contribution in [0.15, 0.2) is 0 Å². The Kier molecular flexibility index (Phi) is 4.82. The fourth-order valence-corrected chi connectivity index (χ4v) is 4.60. The Labute approximate surface area is 120 Å². The predicted octanol–water partition coefficient (Wildman–Crippen LogP) is 0.0165. The molecule has 0 saturated carbocycles. The Morgan fingerprint density at radius 2 is 2.20 bits per heavy atom. The van der Waals surface area contributed by atoms with Crippen molar-refractivity contribution in [3.8, 4) is 0 Å². The molecule has 1 aromatic heterocycles. The Morgan fingerprint density at radius 3 is 2.80 bits per heavy atom. The van der Waals surface area contributed by atoms with E-state index in [1.165, 1.54) is 0 Å². The number of aliphatic hydroxyl groups is 1. The summed E-state index contributed by atoms with van der Waals surface area (Å²) in [7, 11) is -2.79. The van der Waals surface area contributed by atoms with E-state index in [4.69, 9.17) is 5.11 Å². The lowest BCUT2D eigenvalue weighted by molar-refractivity contribution is 0.267. The summed E-state index contributed by atoms with van der Waals surface area (Å²) in [5.41, 5.74) is 3.16. The van der Waals surface area contributed by atoms with Gasteiger partial charge in [-0.2, -0.15) is 5.10 Å². The average Bonchev–Trinajstić information content (AvgIpc) is 2.84. The Balaban J connectivity index is 1.88. The average molecular weight is 301 g/mol. The van der Waals surface area contributed by atoms with E-state index < -0.39 is 9.84 Å². The molecular formula is C13H23N3O3S. The minimum absolute atomic E-state index is 0.0781. The van der Waals surface area contributed by atoms with Crippen molar-refractivity contribution in [1.29, 1.82) is 0 Å². The molecule has 0 aromatic carbocycles. The lowest BCUT2D eigenvalue weighted by Crippen LogP contribution is -2.23. The second-order valence-corrected chi connectivity index (χ2v) is 7.72. The zero-order valence-corrected chi connectivity index (χ0v) is 12.9. The fourth-order valence-electron chi connectivity index (χ4n) is 2.74. The number of rotatable bonds is 6. The Bertz CT molecular complexity index is 566. The van der Waals surface area contributed by atoms with Crippen LogP contribution in [0, 0.1) is 19.8 Å². The molecule has 2 heterocycles. The van der Waals surface area contributed by atoms with Crippen LogP contribution in [0.4, 0.5) is 0 Å². The summed E-state index contributed by atoms with van der Waals surface area (Å²) in [6.45, 7) is 5.95. The number of nitrogens with one attached hydrogen (secondary N) is 1. The molecule has 0 radical (unpaired) electrons. The largest absolute Gasteiger partial charge is 0.394 e. The SMILES string of the molecule is Cc1nn(CCO)c(C)c1CNC[C@H]1CCS(=O)(=O)C1. The van der Waals surface area contributed by atoms with Gasteiger partial charge in [-0.25, -0.2) is 8.42 Å². The smallest absolute Gasteiger partial charge is 0.150 e. The first kappa shape index (κ1) is 15.5. The minimum atomic E-state index is -2.79. The second-order valence-electron chi connectivity index (χ2n) is 5.50. The molecule has 2 rings (SSSR count). The van der Waals surface area contributed by atoms with Crippen LogP contribution in [-0.2, 0) is 22.9 Å². The Hall–Kier alpha value is -0.920. The van der Waals surface area contributed by atoms with Gasteiger partial charge in [0.1, 0.15) is 0 Å². The van der Waals surface area contributed by atoms with Gasteiger partial charge in [0.15, 0.2) is 9.84 Å². The van der Waals surface area contributed by atoms with Crippen molar-refractivity contribution >= 4 is 9.84 Å². The van der Waals surface area contributed by atoms with Crippen LogP contribution >= 0.6 is 0 Å². The number of sulfone groups is 1. The van der Waals surface area contributed by atoms with Crippen LogP contribution in [-0.4, -0.2) is 48.0 Å². The van der Waals surface area contributed by atoms with E-state index in [9.17, 15) is 8.42 Å². The van der Waals surface area contributed by atoms with Gasteiger partial charge in [0.05, 0.1) is 30.4 Å². The fraction of sp³-hybridized carbons (Fsp3) is 0.769. The number of aliphatic hydroxyl groups excluding tert-OH is 1. The number of aromatic nitrogens is 2. The Morgan fingerprint density at radius 1 is 1.45 bits per heavy atom. The summed E-state index contributed by atoms with van der Waals surface area (Å²) in [4.78, 5) is 0. The molecule has 0 amide bonds. The molecule has 0 unspecified atom stereocenters. The van der Waals surface area contributed by atoms with E-state index in [0.717, 1.165) is 29.9 Å². The predicted molar refractivity (Wildman–Crippen MR) is 77.3 cm³/mol. The first-order valence-electron chi connectivity index (χ1n) is 6.98. The van der Waals surface area contributed by atoms with Gasteiger partial charge >= 0.3 is 0 Å². The topological polar surface area (TPSA) is 84.2 Å². The standard InChI is InChI=1S/C13H23N3O3S/c1-10-13(11(2)16(15-10)4-5-17)8-14-7-12-3-6-20(18,19)9-12/h12,14,17H,3-9H2,1-2H3/t12-/m1/s1. The molecule has 0 spiro atoms. The molecule has 1 aliphatic heterocycles. The summed E-state index contributed by atoms with van der Waals surface area (Å²) < 4.78 is 24.6. The number of hydrogen-bond acceptors (Lipinski definition) is 5. The van der Waals surface area contributed by atoms with E-state index in [2.05, 4.69) is 10.4 Å². The zero-order valence-electron chi connectivity index (χ0n) is 12.1. The number of nitrogens with zero attached hydrogens (tertiary/aromatic N) is 2. The lowest BCUT2D eigenvalue weighted by Gasteiger charge is -2.10. The maximum Gasteiger partial charge on any atom is 0.150 e. The summed E-state index contributed by atoms with van der Waals surface area (Å²) in [6, 6.07) is 0. The van der Waals surface area contributed by atoms with Crippen LogP contribution in [0.2, 0.25) is 0 Å². The summed E-state index contributed by atoms with van der Waals surface area (Å²) in [5, 5.41) is 16.7. The van der Waals surface area contributed by atoms with Crippen molar-refractivity contribution in [1.82, 2.24) is 15.1 Å². The number of aryl methyl sites for hydroxylation is 1. The molecule has 1 fully saturated rings. The van der Waals surface area contributed by atoms with Crippen molar-refractivity contribution in [3.05, 3.63) is 17.0 Å². The molecule has 6 nitrogen and oxygen atoms in total. The molecule has 1 atom stereocenters. The monoisotopic (exact) mass is 301 g/mol. The molecule has 114 valence electrons. The van der Waals surface area contributed by atoms with Gasteiger partial charge in [0.25, 0.3) is 0 Å². The first-order chi connectivity index (χ1) is 9.43. The van der Waals surface area contributed by atoms with Crippen molar-refractivity contribution in [2.24, 2.45) is 5.92 Å². The van der Waals surface area contributed by atoms with Crippen molar-refractivity contribution in [3.63, 3.8) is 0 Å². The van der Waals surface area contributed by atoms with Gasteiger partial charge in [0, 0.05) is 17.8 Å². The zero-order chi connectivity index (χ0) is 14.8. The highest BCUT2D eigenvalue weighted by Gasteiger charge is 2.27. The number of hydrogen-bond donors (Lipinski definition) is 2. The molecule has 1 saturated heterocycles. The first-order valence-corrected chi connectivity index (χ1v) is 8.80. The molecule has 0 bridgehead atoms. The lowest BCUT2D eigenvalue weighted by atomic mass is 10.1. The van der Waals surface area contributed by atoms with Crippen molar-refractivity contribution in [2.45, 2.75) is 33.4 Å². The van der Waals surface area contributed by atoms with Crippen LogP contribution < -0.4 is 5.32 Å². The normalized spacial score (nSPS) is 21.4. The maximum atomic E-state index is 11.4. The summed E-state index contributed by atoms with van der Waals surface area (Å²) >= 11 is 0. The quantitative estimate of drug-likeness (QED) is 0.773. The van der Waals surface area contributed by atoms with Crippen LogP contribution in [0.3, 0.4) is 0 Å². The highest BCUT2D eigenvalue weighted by atomic mass is 32.2. The highest BCUT2D eigenvalue weighted by molar-refractivity contribution is 7.91. The summed E-state index contributed by atoms with van der Waals surface area (Å²) in [6.07, 6.45) is 0.761. The van der Waals surface area contributed by atoms with Crippen molar-refractivity contribution < 1.29 is 13.5 Å². The van der Waals surface area contributed by atoms with E-state index >= 15 is 0 Å². The molecule has 20 heavy (non-hydrogen) atoms. The van der Waals surface area contributed by atoms with Gasteiger partial charge in [-0.15, -0.1) is 0 Å². The van der Waals surface area contributed by atoms with Crippen LogP contribution in [0.25, 0.3) is 0 Å². The molecule has 2 N–H and O–H groups in total. The van der Waals surface area contributed by atoms with Crippen molar-refractivity contribution in [2.75, 3.05) is 24.7 Å². The second kappa shape index (κ2) is 6.24. The van der Waals surface area contributed by atoms with Gasteiger partial charge in [-0.3, -0.25) is 4.68 Å². The third-order valence-electron chi connectivity index (χ3n) is 3.90. The van der Waals surface area contributed by atoms with E-state index in [0.29, 0.717) is 24.6 Å². The third kappa shape index (κ3) is 3.59. The molecule has 7 heteroatoms. The maximum absolute atomic E-state index is 11.4. The van der Waals surface area contributed by atoms with E-state index in [1.807, 2.05) is 18.5 Å². The van der Waals surface area contributed by atoms with Gasteiger partial charge < -0.3 is 10.4 Å². The van der Waals surface area contributed by atoms with Gasteiger partial charge in [0.2, 0.25) is 0 Å². The van der Waals surface area contributed by atoms with E-state index in [-0.39, 0.29) is 12.5 Å². The highest BCUT2D eigenvalue weighted by Crippen LogP contribution is 2.18. The van der Waals surface area contributed by atoms with Gasteiger partial charge in [-0.05, 0) is 32.7 Å². The van der Waals surface area contributed by atoms with Crippen LogP contribution in [0.1, 0.15) is 23.4 Å². The third-order valence-corrected chi connectivity index (χ3v) is 5.74. The molecule has 1 aliphatic rings.